The van der Waals surface area contributed by atoms with E-state index in [4.69, 9.17) is 5.11 Å². The second kappa shape index (κ2) is 5.96. The van der Waals surface area contributed by atoms with Crippen molar-refractivity contribution in [1.29, 1.82) is 0 Å². The van der Waals surface area contributed by atoms with Gasteiger partial charge in [0.2, 0.25) is 5.91 Å². The fraction of sp³-hybridized carbons (Fsp3) is 0.588. The maximum Gasteiger partial charge on any atom is 0.227 e. The summed E-state index contributed by atoms with van der Waals surface area (Å²) in [4.78, 5) is 14.2. The molecule has 0 aliphatic heterocycles. The lowest BCUT2D eigenvalue weighted by molar-refractivity contribution is -0.131. The number of amides is 1. The lowest BCUT2D eigenvalue weighted by atomic mass is 9.90. The zero-order valence-electron chi connectivity index (χ0n) is 12.0. The van der Waals surface area contributed by atoms with Crippen LogP contribution >= 0.6 is 0 Å². The summed E-state index contributed by atoms with van der Waals surface area (Å²) in [5.41, 5.74) is 4.02. The van der Waals surface area contributed by atoms with Gasteiger partial charge in [-0.25, -0.2) is 0 Å². The van der Waals surface area contributed by atoms with E-state index in [2.05, 4.69) is 18.2 Å². The van der Waals surface area contributed by atoms with E-state index in [1.807, 2.05) is 4.90 Å². The Morgan fingerprint density at radius 1 is 1.20 bits per heavy atom. The molecular formula is C17H23NO2. The van der Waals surface area contributed by atoms with E-state index >= 15 is 0 Å². The van der Waals surface area contributed by atoms with Gasteiger partial charge in [-0.15, -0.1) is 0 Å². The van der Waals surface area contributed by atoms with Gasteiger partial charge in [-0.1, -0.05) is 18.2 Å². The molecule has 0 atom stereocenters. The SMILES string of the molecule is O=C(Cc1ccc2c(c1)CCCC2)N(CCO)C1CC1. The fourth-order valence-corrected chi connectivity index (χ4v) is 3.18. The quantitative estimate of drug-likeness (QED) is 0.892. The predicted molar refractivity (Wildman–Crippen MR) is 78.6 cm³/mol. The van der Waals surface area contributed by atoms with Gasteiger partial charge in [0.15, 0.2) is 0 Å². The summed E-state index contributed by atoms with van der Waals surface area (Å²) in [5.74, 6) is 0.164. The van der Waals surface area contributed by atoms with Crippen LogP contribution in [0.25, 0.3) is 0 Å². The molecule has 3 nitrogen and oxygen atoms in total. The molecule has 1 aromatic carbocycles. The van der Waals surface area contributed by atoms with E-state index in [0.29, 0.717) is 19.0 Å². The standard InChI is InChI=1S/C17H23NO2/c19-10-9-18(16-7-8-16)17(20)12-13-5-6-14-3-1-2-4-15(14)11-13/h5-6,11,16,19H,1-4,7-10,12H2. The number of fused-ring (bicyclic) bond motifs is 1. The van der Waals surface area contributed by atoms with Gasteiger partial charge in [0, 0.05) is 12.6 Å². The molecule has 0 bridgehead atoms. The Kier molecular flexibility index (Phi) is 4.06. The van der Waals surface area contributed by atoms with Crippen LogP contribution in [-0.2, 0) is 24.1 Å². The maximum absolute atomic E-state index is 12.4. The second-order valence-corrected chi connectivity index (χ2v) is 6.03. The first kappa shape index (κ1) is 13.6. The van der Waals surface area contributed by atoms with E-state index in [0.717, 1.165) is 24.8 Å². The van der Waals surface area contributed by atoms with Crippen molar-refractivity contribution in [1.82, 2.24) is 4.90 Å². The first-order valence-electron chi connectivity index (χ1n) is 7.79. The molecule has 2 aliphatic carbocycles. The maximum atomic E-state index is 12.4. The van der Waals surface area contributed by atoms with E-state index < -0.39 is 0 Å². The Morgan fingerprint density at radius 3 is 2.65 bits per heavy atom. The topological polar surface area (TPSA) is 40.5 Å². The number of nitrogens with zero attached hydrogens (tertiary/aromatic N) is 1. The molecule has 0 saturated heterocycles. The number of carbonyl (C=O) groups excluding carboxylic acids is 1. The summed E-state index contributed by atoms with van der Waals surface area (Å²) in [7, 11) is 0. The van der Waals surface area contributed by atoms with Gasteiger partial charge in [0.25, 0.3) is 0 Å². The molecule has 1 N–H and O–H groups in total. The minimum atomic E-state index is 0.0619. The lowest BCUT2D eigenvalue weighted by Crippen LogP contribution is -2.36. The average Bonchev–Trinajstić information content (AvgIpc) is 3.29. The molecule has 1 aromatic rings. The van der Waals surface area contributed by atoms with Crippen LogP contribution in [0.5, 0.6) is 0 Å². The van der Waals surface area contributed by atoms with Gasteiger partial charge < -0.3 is 10.0 Å². The van der Waals surface area contributed by atoms with Crippen molar-refractivity contribution in [2.45, 2.75) is 51.0 Å². The van der Waals surface area contributed by atoms with Crippen LogP contribution in [0.3, 0.4) is 0 Å². The molecule has 3 rings (SSSR count). The first-order valence-corrected chi connectivity index (χ1v) is 7.79. The van der Waals surface area contributed by atoms with E-state index in [1.165, 1.54) is 30.4 Å². The number of benzene rings is 1. The number of rotatable bonds is 5. The zero-order valence-corrected chi connectivity index (χ0v) is 12.0. The van der Waals surface area contributed by atoms with Crippen LogP contribution in [0.2, 0.25) is 0 Å². The highest BCUT2D eigenvalue weighted by Crippen LogP contribution is 2.28. The van der Waals surface area contributed by atoms with Crippen molar-refractivity contribution in [3.8, 4) is 0 Å². The van der Waals surface area contributed by atoms with Crippen LogP contribution in [0.4, 0.5) is 0 Å². The molecular weight excluding hydrogens is 250 g/mol. The largest absolute Gasteiger partial charge is 0.395 e. The highest BCUT2D eigenvalue weighted by molar-refractivity contribution is 5.79. The minimum Gasteiger partial charge on any atom is -0.395 e. The van der Waals surface area contributed by atoms with E-state index in [1.54, 1.807) is 0 Å². The van der Waals surface area contributed by atoms with Gasteiger partial charge in [0.1, 0.15) is 0 Å². The number of aliphatic hydroxyl groups excluding tert-OH is 1. The van der Waals surface area contributed by atoms with Crippen molar-refractivity contribution in [2.24, 2.45) is 0 Å². The molecule has 20 heavy (non-hydrogen) atoms. The number of aryl methyl sites for hydroxylation is 2. The van der Waals surface area contributed by atoms with Crippen LogP contribution in [0, 0.1) is 0 Å². The molecule has 108 valence electrons. The monoisotopic (exact) mass is 273 g/mol. The fourth-order valence-electron chi connectivity index (χ4n) is 3.18. The van der Waals surface area contributed by atoms with Crippen molar-refractivity contribution < 1.29 is 9.90 Å². The highest BCUT2D eigenvalue weighted by atomic mass is 16.3. The van der Waals surface area contributed by atoms with Crippen LogP contribution in [-0.4, -0.2) is 35.1 Å². The molecule has 0 heterocycles. The summed E-state index contributed by atoms with van der Waals surface area (Å²) in [6, 6.07) is 6.90. The van der Waals surface area contributed by atoms with Gasteiger partial charge in [-0.2, -0.15) is 0 Å². The molecule has 2 aliphatic rings. The number of hydrogen-bond donors (Lipinski definition) is 1. The van der Waals surface area contributed by atoms with Crippen LogP contribution in [0.15, 0.2) is 18.2 Å². The number of aliphatic hydroxyl groups is 1. The summed E-state index contributed by atoms with van der Waals surface area (Å²) in [6.45, 7) is 0.543. The molecule has 0 unspecified atom stereocenters. The third kappa shape index (κ3) is 3.04. The Labute approximate surface area is 120 Å². The normalized spacial score (nSPS) is 17.6. The Hall–Kier alpha value is -1.35. The first-order chi connectivity index (χ1) is 9.78. The number of carbonyl (C=O) groups is 1. The molecule has 3 heteroatoms. The summed E-state index contributed by atoms with van der Waals surface area (Å²) in [6.07, 6.45) is 7.55. The van der Waals surface area contributed by atoms with E-state index in [-0.39, 0.29) is 12.5 Å². The van der Waals surface area contributed by atoms with Crippen molar-refractivity contribution in [2.75, 3.05) is 13.2 Å². The van der Waals surface area contributed by atoms with E-state index in [9.17, 15) is 4.79 Å². The minimum absolute atomic E-state index is 0.0619. The third-order valence-corrected chi connectivity index (χ3v) is 4.42. The zero-order chi connectivity index (χ0) is 13.9. The molecule has 1 saturated carbocycles. The second-order valence-electron chi connectivity index (χ2n) is 6.03. The highest BCUT2D eigenvalue weighted by Gasteiger charge is 2.31. The number of hydrogen-bond acceptors (Lipinski definition) is 2. The molecule has 0 radical (unpaired) electrons. The van der Waals surface area contributed by atoms with Crippen LogP contribution in [0.1, 0.15) is 42.4 Å². The smallest absolute Gasteiger partial charge is 0.227 e. The predicted octanol–water partition coefficient (Wildman–Crippen LogP) is 2.09. The lowest BCUT2D eigenvalue weighted by Gasteiger charge is -2.22. The van der Waals surface area contributed by atoms with Crippen molar-refractivity contribution in [3.63, 3.8) is 0 Å². The van der Waals surface area contributed by atoms with Gasteiger partial charge in [-0.3, -0.25) is 4.79 Å². The molecule has 0 aromatic heterocycles. The Balaban J connectivity index is 1.68. The van der Waals surface area contributed by atoms with Gasteiger partial charge >= 0.3 is 0 Å². The summed E-state index contributed by atoms with van der Waals surface area (Å²) in [5, 5.41) is 9.09. The summed E-state index contributed by atoms with van der Waals surface area (Å²) < 4.78 is 0. The Morgan fingerprint density at radius 2 is 1.95 bits per heavy atom. The van der Waals surface area contributed by atoms with Gasteiger partial charge in [0.05, 0.1) is 13.0 Å². The van der Waals surface area contributed by atoms with Crippen LogP contribution < -0.4 is 0 Å². The molecule has 1 fully saturated rings. The van der Waals surface area contributed by atoms with Gasteiger partial charge in [-0.05, 0) is 55.2 Å². The van der Waals surface area contributed by atoms with Crippen molar-refractivity contribution in [3.05, 3.63) is 34.9 Å². The summed E-state index contributed by atoms with van der Waals surface area (Å²) >= 11 is 0. The Bertz CT molecular complexity index is 494. The average molecular weight is 273 g/mol. The third-order valence-electron chi connectivity index (χ3n) is 4.42. The van der Waals surface area contributed by atoms with Crippen molar-refractivity contribution >= 4 is 5.91 Å². The molecule has 1 amide bonds. The molecule has 0 spiro atoms.